The Hall–Kier alpha value is -4.39. The number of nitriles is 1. The molecule has 2 aromatic carbocycles. The molecular weight excluding hydrogens is 394 g/mol. The molecule has 0 radical (unpaired) electrons. The summed E-state index contributed by atoms with van der Waals surface area (Å²) in [6, 6.07) is 11.7. The van der Waals surface area contributed by atoms with E-state index in [2.05, 4.69) is 10.1 Å². The number of amides is 1. The van der Waals surface area contributed by atoms with Gasteiger partial charge < -0.3 is 19.5 Å². The van der Waals surface area contributed by atoms with E-state index < -0.39 is 16.8 Å². The molecule has 0 aromatic heterocycles. The van der Waals surface area contributed by atoms with Crippen LogP contribution in [0.1, 0.15) is 5.56 Å². The fourth-order valence-electron chi connectivity index (χ4n) is 2.30. The van der Waals surface area contributed by atoms with Crippen LogP contribution in [-0.2, 0) is 14.3 Å². The molecule has 2 rings (SSSR count). The smallest absolute Gasteiger partial charge is 0.343 e. The minimum atomic E-state index is -0.733. The first kappa shape index (κ1) is 21.9. The van der Waals surface area contributed by atoms with Crippen LogP contribution in [0.4, 0.5) is 11.4 Å². The van der Waals surface area contributed by atoms with Crippen molar-refractivity contribution in [3.8, 4) is 17.6 Å². The molecule has 0 bridgehead atoms. The van der Waals surface area contributed by atoms with Crippen LogP contribution in [0.25, 0.3) is 6.08 Å². The zero-order valence-electron chi connectivity index (χ0n) is 16.1. The SMILES string of the molecule is COC(=O)COc1ccc(/C=C(\C#N)C(=O)Nc2cccc([N+](=O)[O-])c2)cc1OC. The van der Waals surface area contributed by atoms with Crippen molar-refractivity contribution in [3.63, 3.8) is 0 Å². The highest BCUT2D eigenvalue weighted by Gasteiger charge is 2.13. The highest BCUT2D eigenvalue weighted by Crippen LogP contribution is 2.29. The van der Waals surface area contributed by atoms with Crippen LogP contribution >= 0.6 is 0 Å². The Balaban J connectivity index is 2.21. The van der Waals surface area contributed by atoms with Crippen LogP contribution in [0.5, 0.6) is 11.5 Å². The number of carbonyl (C=O) groups is 2. The molecule has 0 unspecified atom stereocenters. The van der Waals surface area contributed by atoms with Crippen LogP contribution in [0.2, 0.25) is 0 Å². The molecule has 0 aliphatic carbocycles. The maximum absolute atomic E-state index is 12.4. The second kappa shape index (κ2) is 10.2. The van der Waals surface area contributed by atoms with Gasteiger partial charge in [0.2, 0.25) is 0 Å². The molecule has 2 aromatic rings. The van der Waals surface area contributed by atoms with Gasteiger partial charge in [0.05, 0.1) is 19.1 Å². The van der Waals surface area contributed by atoms with Gasteiger partial charge in [-0.15, -0.1) is 0 Å². The summed E-state index contributed by atoms with van der Waals surface area (Å²) >= 11 is 0. The summed E-state index contributed by atoms with van der Waals surface area (Å²) in [7, 11) is 2.63. The highest BCUT2D eigenvalue weighted by molar-refractivity contribution is 6.09. The summed E-state index contributed by atoms with van der Waals surface area (Å²) in [5, 5.41) is 22.6. The zero-order valence-corrected chi connectivity index (χ0v) is 16.1. The van der Waals surface area contributed by atoms with Gasteiger partial charge in [0.25, 0.3) is 11.6 Å². The zero-order chi connectivity index (χ0) is 22.1. The lowest BCUT2D eigenvalue weighted by Crippen LogP contribution is -2.13. The number of ether oxygens (including phenoxy) is 3. The molecule has 30 heavy (non-hydrogen) atoms. The summed E-state index contributed by atoms with van der Waals surface area (Å²) in [6.45, 7) is -0.308. The first-order valence-corrected chi connectivity index (χ1v) is 8.43. The van der Waals surface area contributed by atoms with E-state index in [0.717, 1.165) is 0 Å². The average Bonchev–Trinajstić information content (AvgIpc) is 2.75. The van der Waals surface area contributed by atoms with E-state index >= 15 is 0 Å². The van der Waals surface area contributed by atoms with Gasteiger partial charge in [0.1, 0.15) is 11.6 Å². The number of hydrogen-bond acceptors (Lipinski definition) is 8. The minimum Gasteiger partial charge on any atom is -0.493 e. The van der Waals surface area contributed by atoms with E-state index in [1.165, 1.54) is 56.7 Å². The van der Waals surface area contributed by atoms with Crippen LogP contribution in [0.15, 0.2) is 48.0 Å². The predicted octanol–water partition coefficient (Wildman–Crippen LogP) is 2.70. The monoisotopic (exact) mass is 411 g/mol. The van der Waals surface area contributed by atoms with Crippen LogP contribution < -0.4 is 14.8 Å². The third-order valence-corrected chi connectivity index (χ3v) is 3.75. The Labute approximate surface area is 171 Å². The quantitative estimate of drug-likeness (QED) is 0.230. The second-order valence-corrected chi connectivity index (χ2v) is 5.71. The fourth-order valence-corrected chi connectivity index (χ4v) is 2.30. The number of nitro groups is 1. The lowest BCUT2D eigenvalue weighted by molar-refractivity contribution is -0.384. The Bertz CT molecular complexity index is 1040. The van der Waals surface area contributed by atoms with Gasteiger partial charge in [-0.3, -0.25) is 14.9 Å². The molecule has 0 fully saturated rings. The third-order valence-electron chi connectivity index (χ3n) is 3.75. The Morgan fingerprint density at radius 2 is 1.97 bits per heavy atom. The van der Waals surface area contributed by atoms with Gasteiger partial charge in [0, 0.05) is 17.8 Å². The predicted molar refractivity (Wildman–Crippen MR) is 106 cm³/mol. The molecule has 10 nitrogen and oxygen atoms in total. The van der Waals surface area contributed by atoms with Crippen LogP contribution in [0.3, 0.4) is 0 Å². The van der Waals surface area contributed by atoms with E-state index in [1.54, 1.807) is 12.1 Å². The maximum Gasteiger partial charge on any atom is 0.343 e. The standard InChI is InChI=1S/C20H17N3O7/c1-28-18-9-13(6-7-17(18)30-12-19(24)29-2)8-14(11-21)20(25)22-15-4-3-5-16(10-15)23(26)27/h3-10H,12H2,1-2H3,(H,22,25)/b14-8+. The lowest BCUT2D eigenvalue weighted by atomic mass is 10.1. The largest absolute Gasteiger partial charge is 0.493 e. The average molecular weight is 411 g/mol. The van der Waals surface area contributed by atoms with Gasteiger partial charge in [-0.1, -0.05) is 12.1 Å². The van der Waals surface area contributed by atoms with E-state index in [1.807, 2.05) is 0 Å². The van der Waals surface area contributed by atoms with E-state index in [9.17, 15) is 25.0 Å². The molecule has 0 aliphatic rings. The number of nitro benzene ring substituents is 1. The number of nitrogens with one attached hydrogen (secondary N) is 1. The maximum atomic E-state index is 12.4. The van der Waals surface area contributed by atoms with Gasteiger partial charge in [-0.05, 0) is 29.8 Å². The number of hydrogen-bond donors (Lipinski definition) is 1. The summed E-state index contributed by atoms with van der Waals surface area (Å²) < 4.78 is 15.0. The molecule has 0 aliphatic heterocycles. The topological polar surface area (TPSA) is 141 Å². The molecule has 0 spiro atoms. The number of methoxy groups -OCH3 is 2. The van der Waals surface area contributed by atoms with Crippen molar-refractivity contribution in [2.24, 2.45) is 0 Å². The van der Waals surface area contributed by atoms with Crippen molar-refractivity contribution in [1.82, 2.24) is 0 Å². The summed E-state index contributed by atoms with van der Waals surface area (Å²) in [4.78, 5) is 33.8. The fraction of sp³-hybridized carbons (Fsp3) is 0.150. The Kier molecular flexibility index (Phi) is 7.47. The first-order chi connectivity index (χ1) is 14.4. The number of carbonyl (C=O) groups excluding carboxylic acids is 2. The summed E-state index contributed by atoms with van der Waals surface area (Å²) in [5.41, 5.74) is 0.219. The third kappa shape index (κ3) is 5.80. The number of anilines is 1. The molecule has 0 saturated carbocycles. The summed E-state index contributed by atoms with van der Waals surface area (Å²) in [6.07, 6.45) is 1.32. The summed E-state index contributed by atoms with van der Waals surface area (Å²) in [5.74, 6) is -0.739. The van der Waals surface area contributed by atoms with Crippen molar-refractivity contribution >= 4 is 29.3 Å². The van der Waals surface area contributed by atoms with Crippen molar-refractivity contribution in [2.45, 2.75) is 0 Å². The number of rotatable bonds is 8. The Morgan fingerprint density at radius 1 is 1.20 bits per heavy atom. The molecule has 0 heterocycles. The number of benzene rings is 2. The Morgan fingerprint density at radius 3 is 2.60 bits per heavy atom. The lowest BCUT2D eigenvalue weighted by Gasteiger charge is -2.10. The number of non-ortho nitro benzene ring substituents is 1. The van der Waals surface area contributed by atoms with E-state index in [-0.39, 0.29) is 35.1 Å². The van der Waals surface area contributed by atoms with Crippen molar-refractivity contribution in [1.29, 1.82) is 5.26 Å². The molecular formula is C20H17N3O7. The van der Waals surface area contributed by atoms with Crippen molar-refractivity contribution < 1.29 is 28.7 Å². The highest BCUT2D eigenvalue weighted by atomic mass is 16.6. The normalized spacial score (nSPS) is 10.5. The van der Waals surface area contributed by atoms with Gasteiger partial charge >= 0.3 is 5.97 Å². The molecule has 154 valence electrons. The van der Waals surface area contributed by atoms with Crippen molar-refractivity contribution in [3.05, 3.63) is 63.7 Å². The molecule has 0 saturated heterocycles. The van der Waals surface area contributed by atoms with Crippen LogP contribution in [-0.4, -0.2) is 37.6 Å². The van der Waals surface area contributed by atoms with Crippen molar-refractivity contribution in [2.75, 3.05) is 26.1 Å². The number of nitrogens with zero attached hydrogens (tertiary/aromatic N) is 2. The van der Waals surface area contributed by atoms with E-state index in [0.29, 0.717) is 5.56 Å². The van der Waals surface area contributed by atoms with Gasteiger partial charge in [-0.25, -0.2) is 4.79 Å². The van der Waals surface area contributed by atoms with Gasteiger partial charge in [0.15, 0.2) is 18.1 Å². The first-order valence-electron chi connectivity index (χ1n) is 8.43. The molecule has 0 atom stereocenters. The van der Waals surface area contributed by atoms with Gasteiger partial charge in [-0.2, -0.15) is 5.26 Å². The minimum absolute atomic E-state index is 0.180. The second-order valence-electron chi connectivity index (χ2n) is 5.71. The molecule has 1 N–H and O–H groups in total. The molecule has 10 heteroatoms. The van der Waals surface area contributed by atoms with Crippen LogP contribution in [0, 0.1) is 21.4 Å². The molecule has 1 amide bonds. The van der Waals surface area contributed by atoms with E-state index in [4.69, 9.17) is 9.47 Å². The number of esters is 1.